The highest BCUT2D eigenvalue weighted by atomic mass is 16.5. The molecular weight excluding hydrogens is 212 g/mol. The van der Waals surface area contributed by atoms with Crippen molar-refractivity contribution in [2.45, 2.75) is 39.7 Å². The zero-order valence-corrected chi connectivity index (χ0v) is 11.2. The molecule has 17 heavy (non-hydrogen) atoms. The molecule has 96 valence electrons. The minimum Gasteiger partial charge on any atom is -0.379 e. The Balaban J connectivity index is 2.64. The lowest BCUT2D eigenvalue weighted by Gasteiger charge is -2.20. The third-order valence-electron chi connectivity index (χ3n) is 2.73. The van der Waals surface area contributed by atoms with Crippen molar-refractivity contribution in [2.75, 3.05) is 19.8 Å². The Bertz CT molecular complexity index is 315. The van der Waals surface area contributed by atoms with Crippen LogP contribution in [0.25, 0.3) is 0 Å². The van der Waals surface area contributed by atoms with Gasteiger partial charge in [-0.1, -0.05) is 13.8 Å². The lowest BCUT2D eigenvalue weighted by atomic mass is 10.0. The molecular formula is C14H24N2O. The van der Waals surface area contributed by atoms with Crippen LogP contribution in [0.3, 0.4) is 0 Å². The molecule has 0 spiro atoms. The summed E-state index contributed by atoms with van der Waals surface area (Å²) in [5, 5.41) is 3.52. The highest BCUT2D eigenvalue weighted by Gasteiger charge is 2.13. The Labute approximate surface area is 105 Å². The van der Waals surface area contributed by atoms with Crippen LogP contribution in [-0.2, 0) is 4.74 Å². The van der Waals surface area contributed by atoms with Crippen LogP contribution < -0.4 is 5.32 Å². The first-order valence-corrected chi connectivity index (χ1v) is 6.51. The van der Waals surface area contributed by atoms with Gasteiger partial charge in [-0.25, -0.2) is 0 Å². The number of hydrogen-bond acceptors (Lipinski definition) is 3. The summed E-state index contributed by atoms with van der Waals surface area (Å²) in [7, 11) is 0. The van der Waals surface area contributed by atoms with Crippen molar-refractivity contribution in [3.05, 3.63) is 29.6 Å². The molecule has 0 radical (unpaired) electrons. The van der Waals surface area contributed by atoms with Crippen LogP contribution in [0.4, 0.5) is 0 Å². The third-order valence-corrected chi connectivity index (χ3v) is 2.73. The number of nitrogens with zero attached hydrogens (tertiary/aromatic N) is 1. The van der Waals surface area contributed by atoms with Crippen LogP contribution in [0.15, 0.2) is 18.5 Å². The van der Waals surface area contributed by atoms with Crippen molar-refractivity contribution >= 4 is 0 Å². The van der Waals surface area contributed by atoms with Crippen molar-refractivity contribution in [1.29, 1.82) is 0 Å². The average Bonchev–Trinajstić information content (AvgIpc) is 2.35. The SMILES string of the molecule is CCCNC(COCCC)c1cnccc1C. The van der Waals surface area contributed by atoms with Crippen LogP contribution in [-0.4, -0.2) is 24.7 Å². The number of aryl methyl sites for hydroxylation is 1. The molecule has 3 heteroatoms. The molecule has 0 amide bonds. The summed E-state index contributed by atoms with van der Waals surface area (Å²) in [4.78, 5) is 4.21. The lowest BCUT2D eigenvalue weighted by molar-refractivity contribution is 0.111. The van der Waals surface area contributed by atoms with E-state index in [9.17, 15) is 0 Å². The predicted molar refractivity (Wildman–Crippen MR) is 71.1 cm³/mol. The second kappa shape index (κ2) is 8.20. The zero-order chi connectivity index (χ0) is 12.5. The fraction of sp³-hybridized carbons (Fsp3) is 0.643. The Hall–Kier alpha value is -0.930. The third kappa shape index (κ3) is 4.84. The number of rotatable bonds is 8. The first-order valence-electron chi connectivity index (χ1n) is 6.51. The molecule has 0 saturated heterocycles. The monoisotopic (exact) mass is 236 g/mol. The lowest BCUT2D eigenvalue weighted by Crippen LogP contribution is -2.27. The first kappa shape index (κ1) is 14.1. The summed E-state index contributed by atoms with van der Waals surface area (Å²) >= 11 is 0. The van der Waals surface area contributed by atoms with E-state index in [1.54, 1.807) is 0 Å². The molecule has 0 fully saturated rings. The second-order valence-corrected chi connectivity index (χ2v) is 4.31. The molecule has 0 aliphatic rings. The highest BCUT2D eigenvalue weighted by Crippen LogP contribution is 2.16. The quantitative estimate of drug-likeness (QED) is 0.705. The Kier molecular flexibility index (Phi) is 6.82. The van der Waals surface area contributed by atoms with Crippen LogP contribution in [0.2, 0.25) is 0 Å². The first-order chi connectivity index (χ1) is 8.29. The smallest absolute Gasteiger partial charge is 0.0662 e. The molecule has 1 aromatic heterocycles. The summed E-state index contributed by atoms with van der Waals surface area (Å²) in [5.41, 5.74) is 2.52. The van der Waals surface area contributed by atoms with E-state index in [2.05, 4.69) is 37.1 Å². The van der Waals surface area contributed by atoms with Gasteiger partial charge in [-0.3, -0.25) is 4.98 Å². The van der Waals surface area contributed by atoms with E-state index in [-0.39, 0.29) is 6.04 Å². The van der Waals surface area contributed by atoms with E-state index in [4.69, 9.17) is 4.74 Å². The van der Waals surface area contributed by atoms with Gasteiger partial charge in [0.05, 0.1) is 12.6 Å². The van der Waals surface area contributed by atoms with Crippen molar-refractivity contribution < 1.29 is 4.74 Å². The summed E-state index contributed by atoms with van der Waals surface area (Å²) in [5.74, 6) is 0. The molecule has 0 aromatic carbocycles. The maximum atomic E-state index is 5.66. The zero-order valence-electron chi connectivity index (χ0n) is 11.2. The van der Waals surface area contributed by atoms with Gasteiger partial charge >= 0.3 is 0 Å². The molecule has 3 nitrogen and oxygen atoms in total. The van der Waals surface area contributed by atoms with Gasteiger partial charge in [0.1, 0.15) is 0 Å². The van der Waals surface area contributed by atoms with Crippen molar-refractivity contribution in [3.8, 4) is 0 Å². The summed E-state index contributed by atoms with van der Waals surface area (Å²) in [6.45, 7) is 8.98. The van der Waals surface area contributed by atoms with E-state index in [1.165, 1.54) is 11.1 Å². The predicted octanol–water partition coefficient (Wildman–Crippen LogP) is 2.86. The van der Waals surface area contributed by atoms with E-state index < -0.39 is 0 Å². The summed E-state index contributed by atoms with van der Waals surface area (Å²) < 4.78 is 5.66. The van der Waals surface area contributed by atoms with Gasteiger partial charge in [-0.05, 0) is 43.5 Å². The Morgan fingerprint density at radius 1 is 1.35 bits per heavy atom. The van der Waals surface area contributed by atoms with E-state index in [1.807, 2.05) is 12.4 Å². The van der Waals surface area contributed by atoms with Gasteiger partial charge in [0.15, 0.2) is 0 Å². The number of nitrogens with one attached hydrogen (secondary N) is 1. The molecule has 0 bridgehead atoms. The van der Waals surface area contributed by atoms with Crippen molar-refractivity contribution in [1.82, 2.24) is 10.3 Å². The maximum absolute atomic E-state index is 5.66. The normalized spacial score (nSPS) is 12.6. The van der Waals surface area contributed by atoms with Crippen molar-refractivity contribution in [2.24, 2.45) is 0 Å². The van der Waals surface area contributed by atoms with Gasteiger partial charge in [0.25, 0.3) is 0 Å². The Morgan fingerprint density at radius 3 is 2.82 bits per heavy atom. The van der Waals surface area contributed by atoms with Crippen LogP contribution >= 0.6 is 0 Å². The van der Waals surface area contributed by atoms with Gasteiger partial charge < -0.3 is 10.1 Å². The molecule has 1 rings (SSSR count). The van der Waals surface area contributed by atoms with Gasteiger partial charge in [-0.2, -0.15) is 0 Å². The van der Waals surface area contributed by atoms with E-state index in [0.717, 1.165) is 32.6 Å². The molecule has 1 unspecified atom stereocenters. The van der Waals surface area contributed by atoms with Crippen LogP contribution in [0, 0.1) is 6.92 Å². The van der Waals surface area contributed by atoms with Gasteiger partial charge in [-0.15, -0.1) is 0 Å². The van der Waals surface area contributed by atoms with Crippen LogP contribution in [0.5, 0.6) is 0 Å². The van der Waals surface area contributed by atoms with Crippen LogP contribution in [0.1, 0.15) is 43.9 Å². The van der Waals surface area contributed by atoms with Crippen molar-refractivity contribution in [3.63, 3.8) is 0 Å². The molecule has 1 heterocycles. The summed E-state index contributed by atoms with van der Waals surface area (Å²) in [6, 6.07) is 2.31. The highest BCUT2D eigenvalue weighted by molar-refractivity contribution is 5.25. The molecule has 1 N–H and O–H groups in total. The molecule has 0 aliphatic heterocycles. The number of ether oxygens (including phenoxy) is 1. The largest absolute Gasteiger partial charge is 0.379 e. The second-order valence-electron chi connectivity index (χ2n) is 4.31. The number of pyridine rings is 1. The maximum Gasteiger partial charge on any atom is 0.0662 e. The van der Waals surface area contributed by atoms with Gasteiger partial charge in [0, 0.05) is 19.0 Å². The number of hydrogen-bond donors (Lipinski definition) is 1. The summed E-state index contributed by atoms with van der Waals surface area (Å²) in [6.07, 6.45) is 5.97. The minimum atomic E-state index is 0.259. The molecule has 0 saturated carbocycles. The van der Waals surface area contributed by atoms with Gasteiger partial charge in [0.2, 0.25) is 0 Å². The van der Waals surface area contributed by atoms with E-state index in [0.29, 0.717) is 0 Å². The standard InChI is InChI=1S/C14H24N2O/c1-4-7-16-14(11-17-9-5-2)13-10-15-8-6-12(13)3/h6,8,10,14,16H,4-5,7,9,11H2,1-3H3. The topological polar surface area (TPSA) is 34.1 Å². The molecule has 1 aromatic rings. The fourth-order valence-electron chi connectivity index (χ4n) is 1.76. The molecule has 0 aliphatic carbocycles. The Morgan fingerprint density at radius 2 is 2.18 bits per heavy atom. The number of aromatic nitrogens is 1. The molecule has 1 atom stereocenters. The average molecular weight is 236 g/mol. The fourth-order valence-corrected chi connectivity index (χ4v) is 1.76. The minimum absolute atomic E-state index is 0.259. The van der Waals surface area contributed by atoms with E-state index >= 15 is 0 Å².